The van der Waals surface area contributed by atoms with Crippen molar-refractivity contribution in [3.05, 3.63) is 53.4 Å². The summed E-state index contributed by atoms with van der Waals surface area (Å²) in [6.45, 7) is 1.76. The summed E-state index contributed by atoms with van der Waals surface area (Å²) in [4.78, 5) is 25.2. The Morgan fingerprint density at radius 1 is 1.23 bits per heavy atom. The fraction of sp³-hybridized carbons (Fsp3) is 0.333. The normalized spacial score (nSPS) is 20.7. The number of rotatable bonds is 6. The lowest BCUT2D eigenvalue weighted by molar-refractivity contribution is -0.130. The highest BCUT2D eigenvalue weighted by Crippen LogP contribution is 2.47. The number of hydrogen-bond donors (Lipinski definition) is 3. The number of anilines is 1. The molecule has 1 aromatic carbocycles. The molecule has 0 radical (unpaired) electrons. The SMILES string of the molecule is C/C=C/C(=O)Nc1cccc(-c2ccc([C@@]3(CC(=O)NO)CCCCS3(=O)=O)s2)c1. The third kappa shape index (κ3) is 4.48. The van der Waals surface area contributed by atoms with E-state index in [0.717, 1.165) is 10.4 Å². The van der Waals surface area contributed by atoms with Crippen molar-refractivity contribution in [1.82, 2.24) is 5.48 Å². The van der Waals surface area contributed by atoms with Gasteiger partial charge in [-0.25, -0.2) is 13.9 Å². The smallest absolute Gasteiger partial charge is 0.248 e. The van der Waals surface area contributed by atoms with E-state index >= 15 is 0 Å². The molecule has 0 spiro atoms. The van der Waals surface area contributed by atoms with Crippen LogP contribution < -0.4 is 10.8 Å². The zero-order chi connectivity index (χ0) is 21.8. The van der Waals surface area contributed by atoms with Crippen molar-refractivity contribution < 1.29 is 23.2 Å². The second-order valence-electron chi connectivity index (χ2n) is 7.22. The van der Waals surface area contributed by atoms with Crippen LogP contribution in [0.3, 0.4) is 0 Å². The van der Waals surface area contributed by atoms with Gasteiger partial charge in [0.25, 0.3) is 0 Å². The van der Waals surface area contributed by atoms with Crippen molar-refractivity contribution in [3.63, 3.8) is 0 Å². The lowest BCUT2D eigenvalue weighted by Gasteiger charge is -2.35. The second kappa shape index (κ2) is 9.11. The van der Waals surface area contributed by atoms with Crippen LogP contribution in [-0.4, -0.2) is 31.2 Å². The van der Waals surface area contributed by atoms with E-state index in [-0.39, 0.29) is 18.1 Å². The minimum absolute atomic E-state index is 0.0193. The van der Waals surface area contributed by atoms with Gasteiger partial charge >= 0.3 is 0 Å². The maximum absolute atomic E-state index is 13.0. The maximum Gasteiger partial charge on any atom is 0.248 e. The highest BCUT2D eigenvalue weighted by atomic mass is 32.2. The van der Waals surface area contributed by atoms with Gasteiger partial charge < -0.3 is 5.32 Å². The standard InChI is InChI=1S/C21H24N2O5S2/c1-2-6-19(24)22-16-8-5-7-15(13-16)17-9-10-18(29-17)21(14-20(25)23-26)11-3-4-12-30(21,27)28/h2,5-10,13,26H,3-4,11-12,14H2,1H3,(H,22,24)(H,23,25)/b6-2+/t21-/m0/s1. The van der Waals surface area contributed by atoms with Gasteiger partial charge in [0.2, 0.25) is 11.8 Å². The molecule has 2 amide bonds. The molecule has 9 heteroatoms. The fourth-order valence-corrected chi connectivity index (χ4v) is 7.51. The van der Waals surface area contributed by atoms with Crippen molar-refractivity contribution in [2.75, 3.05) is 11.1 Å². The summed E-state index contributed by atoms with van der Waals surface area (Å²) >= 11 is 1.32. The van der Waals surface area contributed by atoms with Crippen molar-refractivity contribution in [1.29, 1.82) is 0 Å². The van der Waals surface area contributed by atoms with Crippen LogP contribution in [0.5, 0.6) is 0 Å². The Morgan fingerprint density at radius 3 is 2.73 bits per heavy atom. The van der Waals surface area contributed by atoms with E-state index < -0.39 is 20.5 Å². The molecular formula is C21H24N2O5S2. The lowest BCUT2D eigenvalue weighted by atomic mass is 9.94. The van der Waals surface area contributed by atoms with Crippen LogP contribution in [-0.2, 0) is 24.2 Å². The molecule has 0 saturated carbocycles. The summed E-state index contributed by atoms with van der Waals surface area (Å²) in [6.07, 6.45) is 4.36. The maximum atomic E-state index is 13.0. The molecule has 1 aliphatic rings. The molecule has 3 N–H and O–H groups in total. The van der Waals surface area contributed by atoms with Crippen molar-refractivity contribution in [3.8, 4) is 10.4 Å². The number of benzene rings is 1. The molecular weight excluding hydrogens is 424 g/mol. The van der Waals surface area contributed by atoms with Gasteiger partial charge in [-0.05, 0) is 55.7 Å². The van der Waals surface area contributed by atoms with E-state index in [9.17, 15) is 18.0 Å². The number of sulfone groups is 1. The number of carbonyl (C=O) groups is 2. The number of thiophene rings is 1. The van der Waals surface area contributed by atoms with Crippen LogP contribution in [0.2, 0.25) is 0 Å². The van der Waals surface area contributed by atoms with Gasteiger partial charge in [0, 0.05) is 15.4 Å². The topological polar surface area (TPSA) is 113 Å². The van der Waals surface area contributed by atoms with Gasteiger partial charge in [-0.15, -0.1) is 11.3 Å². The van der Waals surface area contributed by atoms with Crippen LogP contribution in [0.1, 0.15) is 37.5 Å². The summed E-state index contributed by atoms with van der Waals surface area (Å²) in [5.74, 6) is -0.932. The van der Waals surface area contributed by atoms with E-state index in [1.165, 1.54) is 17.4 Å². The summed E-state index contributed by atoms with van der Waals surface area (Å²) in [5, 5.41) is 11.8. The Hall–Kier alpha value is -2.49. The first kappa shape index (κ1) is 22.2. The molecule has 2 heterocycles. The van der Waals surface area contributed by atoms with Crippen LogP contribution in [0.4, 0.5) is 5.69 Å². The average Bonchev–Trinajstić information content (AvgIpc) is 3.20. The molecule has 3 rings (SSSR count). The Kier molecular flexibility index (Phi) is 6.74. The Bertz CT molecular complexity index is 1070. The first-order valence-corrected chi connectivity index (χ1v) is 12.1. The summed E-state index contributed by atoms with van der Waals surface area (Å²) in [7, 11) is -3.57. The second-order valence-corrected chi connectivity index (χ2v) is 10.7. The molecule has 2 aromatic rings. The van der Waals surface area contributed by atoms with Gasteiger partial charge in [-0.2, -0.15) is 0 Å². The quantitative estimate of drug-likeness (QED) is 0.355. The first-order valence-electron chi connectivity index (χ1n) is 9.61. The highest BCUT2D eigenvalue weighted by molar-refractivity contribution is 7.92. The van der Waals surface area contributed by atoms with Crippen molar-refractivity contribution in [2.45, 2.75) is 37.4 Å². The van der Waals surface area contributed by atoms with E-state index in [4.69, 9.17) is 5.21 Å². The molecule has 1 aliphatic heterocycles. The third-order valence-electron chi connectivity index (χ3n) is 5.20. The fourth-order valence-electron chi connectivity index (χ4n) is 3.74. The van der Waals surface area contributed by atoms with Gasteiger partial charge in [0.15, 0.2) is 9.84 Å². The summed E-state index contributed by atoms with van der Waals surface area (Å²) in [5.41, 5.74) is 3.04. The predicted molar refractivity (Wildman–Crippen MR) is 117 cm³/mol. The molecule has 1 saturated heterocycles. The molecule has 30 heavy (non-hydrogen) atoms. The number of nitrogens with one attached hydrogen (secondary N) is 2. The van der Waals surface area contributed by atoms with Crippen molar-refractivity contribution >= 4 is 38.7 Å². The zero-order valence-corrected chi connectivity index (χ0v) is 18.2. The van der Waals surface area contributed by atoms with Crippen LogP contribution in [0.25, 0.3) is 10.4 Å². The highest BCUT2D eigenvalue weighted by Gasteiger charge is 2.49. The zero-order valence-electron chi connectivity index (χ0n) is 16.6. The van der Waals surface area contributed by atoms with E-state index in [1.807, 2.05) is 24.3 Å². The van der Waals surface area contributed by atoms with Gasteiger partial charge in [-0.3, -0.25) is 14.8 Å². The van der Waals surface area contributed by atoms with Crippen LogP contribution in [0.15, 0.2) is 48.6 Å². The van der Waals surface area contributed by atoms with Gasteiger partial charge in [-0.1, -0.05) is 24.6 Å². The molecule has 160 valence electrons. The minimum Gasteiger partial charge on any atom is -0.323 e. The Morgan fingerprint density at radius 2 is 2.03 bits per heavy atom. The molecule has 1 fully saturated rings. The number of allylic oxidation sites excluding steroid dienone is 1. The summed E-state index contributed by atoms with van der Waals surface area (Å²) in [6, 6.07) is 10.9. The van der Waals surface area contributed by atoms with Crippen LogP contribution in [0, 0.1) is 0 Å². The molecule has 0 aliphatic carbocycles. The number of hydroxylamine groups is 1. The number of hydrogen-bond acceptors (Lipinski definition) is 6. The first-order chi connectivity index (χ1) is 14.3. The van der Waals surface area contributed by atoms with Gasteiger partial charge in [0.1, 0.15) is 4.75 Å². The molecule has 0 unspecified atom stereocenters. The Balaban J connectivity index is 1.97. The monoisotopic (exact) mass is 448 g/mol. The van der Waals surface area contributed by atoms with E-state index in [0.29, 0.717) is 29.8 Å². The Labute approximate surface area is 179 Å². The number of amides is 2. The van der Waals surface area contributed by atoms with E-state index in [2.05, 4.69) is 5.32 Å². The van der Waals surface area contributed by atoms with Crippen LogP contribution >= 0.6 is 11.3 Å². The summed E-state index contributed by atoms with van der Waals surface area (Å²) < 4.78 is 24.7. The largest absolute Gasteiger partial charge is 0.323 e. The molecule has 7 nitrogen and oxygen atoms in total. The van der Waals surface area contributed by atoms with E-state index in [1.54, 1.807) is 30.6 Å². The molecule has 1 aromatic heterocycles. The average molecular weight is 449 g/mol. The third-order valence-corrected chi connectivity index (χ3v) is 9.25. The van der Waals surface area contributed by atoms with Gasteiger partial charge in [0.05, 0.1) is 12.2 Å². The molecule has 1 atom stereocenters. The number of carbonyl (C=O) groups excluding carboxylic acids is 2. The predicted octanol–water partition coefficient (Wildman–Crippen LogP) is 3.62. The van der Waals surface area contributed by atoms with Crippen molar-refractivity contribution in [2.24, 2.45) is 0 Å². The lowest BCUT2D eigenvalue weighted by Crippen LogP contribution is -2.43. The molecule has 0 bridgehead atoms. The minimum atomic E-state index is -3.57.